The Morgan fingerprint density at radius 3 is 2.27 bits per heavy atom. The van der Waals surface area contributed by atoms with Crippen molar-refractivity contribution in [3.63, 3.8) is 0 Å². The molecule has 2 aromatic heterocycles. The molecule has 6 nitrogen and oxygen atoms in total. The Labute approximate surface area is 128 Å². The summed E-state index contributed by atoms with van der Waals surface area (Å²) in [7, 11) is 0. The number of anilines is 1. The molecule has 0 spiro atoms. The van der Waals surface area contributed by atoms with Gasteiger partial charge in [-0.3, -0.25) is 4.79 Å². The average molecular weight is 295 g/mol. The molecule has 112 valence electrons. The zero-order chi connectivity index (χ0) is 15.9. The average Bonchev–Trinajstić information content (AvgIpc) is 2.82. The molecule has 6 heteroatoms. The van der Waals surface area contributed by atoms with Crippen LogP contribution in [0.1, 0.15) is 24.0 Å². The van der Waals surface area contributed by atoms with Gasteiger partial charge < -0.3 is 5.32 Å². The van der Waals surface area contributed by atoms with Gasteiger partial charge in [-0.2, -0.15) is 15.3 Å². The molecule has 3 rings (SSSR count). The third-order valence-corrected chi connectivity index (χ3v) is 3.60. The summed E-state index contributed by atoms with van der Waals surface area (Å²) < 4.78 is 1.88. The first kappa shape index (κ1) is 14.2. The topological polar surface area (TPSA) is 72.7 Å². The van der Waals surface area contributed by atoms with Crippen LogP contribution in [-0.2, 0) is 4.79 Å². The van der Waals surface area contributed by atoms with Crippen LogP contribution < -0.4 is 5.32 Å². The molecule has 0 saturated heterocycles. The number of benzene rings is 1. The number of nitrogens with zero attached hydrogens (tertiary/aromatic N) is 4. The lowest BCUT2D eigenvalue weighted by atomic mass is 10.2. The van der Waals surface area contributed by atoms with Crippen molar-refractivity contribution in [1.29, 1.82) is 0 Å². The van der Waals surface area contributed by atoms with E-state index >= 15 is 0 Å². The second-order valence-electron chi connectivity index (χ2n) is 5.32. The lowest BCUT2D eigenvalue weighted by Crippen LogP contribution is -2.06. The smallest absolute Gasteiger partial charge is 0.221 e. The van der Waals surface area contributed by atoms with Gasteiger partial charge in [0.15, 0.2) is 0 Å². The molecule has 0 aliphatic carbocycles. The van der Waals surface area contributed by atoms with Gasteiger partial charge in [-0.25, -0.2) is 4.68 Å². The van der Waals surface area contributed by atoms with Crippen molar-refractivity contribution >= 4 is 22.5 Å². The summed E-state index contributed by atoms with van der Waals surface area (Å²) in [5, 5.41) is 16.8. The maximum atomic E-state index is 11.1. The van der Waals surface area contributed by atoms with Crippen LogP contribution in [-0.4, -0.2) is 25.9 Å². The summed E-state index contributed by atoms with van der Waals surface area (Å²) in [6.45, 7) is 7.36. The van der Waals surface area contributed by atoms with E-state index in [1.807, 2.05) is 49.7 Å². The molecule has 0 aliphatic rings. The van der Waals surface area contributed by atoms with Gasteiger partial charge in [-0.1, -0.05) is 0 Å². The minimum atomic E-state index is -0.0860. The van der Waals surface area contributed by atoms with E-state index < -0.39 is 0 Å². The van der Waals surface area contributed by atoms with Gasteiger partial charge in [0, 0.05) is 18.0 Å². The highest BCUT2D eigenvalue weighted by molar-refractivity contribution is 5.89. The van der Waals surface area contributed by atoms with E-state index in [0.29, 0.717) is 0 Å². The molecule has 2 heterocycles. The van der Waals surface area contributed by atoms with Gasteiger partial charge in [0.05, 0.1) is 22.8 Å². The van der Waals surface area contributed by atoms with Gasteiger partial charge in [0.25, 0.3) is 0 Å². The predicted octanol–water partition coefficient (Wildman–Crippen LogP) is 2.70. The molecule has 0 radical (unpaired) electrons. The van der Waals surface area contributed by atoms with Crippen LogP contribution in [0.3, 0.4) is 0 Å². The highest BCUT2D eigenvalue weighted by Crippen LogP contribution is 2.24. The van der Waals surface area contributed by atoms with Crippen LogP contribution in [0.15, 0.2) is 24.3 Å². The van der Waals surface area contributed by atoms with E-state index in [1.165, 1.54) is 6.92 Å². The minimum Gasteiger partial charge on any atom is -0.326 e. The number of fused-ring (bicyclic) bond motifs is 1. The van der Waals surface area contributed by atoms with Crippen molar-refractivity contribution in [2.24, 2.45) is 0 Å². The molecular formula is C16H17N5O. The predicted molar refractivity (Wildman–Crippen MR) is 85.2 cm³/mol. The molecule has 1 amide bonds. The Bertz CT molecular complexity index is 864. The van der Waals surface area contributed by atoms with Crippen molar-refractivity contribution < 1.29 is 4.79 Å². The zero-order valence-electron chi connectivity index (χ0n) is 13.0. The number of amides is 1. The Morgan fingerprint density at radius 1 is 1.05 bits per heavy atom. The van der Waals surface area contributed by atoms with Gasteiger partial charge in [-0.15, -0.1) is 0 Å². The molecule has 0 aliphatic heterocycles. The van der Waals surface area contributed by atoms with E-state index in [2.05, 4.69) is 20.6 Å². The molecule has 0 unspecified atom stereocenters. The molecule has 0 saturated carbocycles. The second-order valence-corrected chi connectivity index (χ2v) is 5.32. The first-order valence-corrected chi connectivity index (χ1v) is 7.04. The fourth-order valence-corrected chi connectivity index (χ4v) is 2.58. The number of aryl methyl sites for hydroxylation is 3. The maximum Gasteiger partial charge on any atom is 0.221 e. The number of carbonyl (C=O) groups is 1. The SMILES string of the molecule is CC(=O)Nc1ccc(-n2nc3c(C)nnc(C)c3c2C)cc1. The Morgan fingerprint density at radius 2 is 1.68 bits per heavy atom. The molecule has 1 N–H and O–H groups in total. The summed E-state index contributed by atoms with van der Waals surface area (Å²) in [6, 6.07) is 7.57. The fourth-order valence-electron chi connectivity index (χ4n) is 2.58. The van der Waals surface area contributed by atoms with Gasteiger partial charge in [0.2, 0.25) is 5.91 Å². The van der Waals surface area contributed by atoms with E-state index in [9.17, 15) is 4.79 Å². The number of nitrogens with one attached hydrogen (secondary N) is 1. The zero-order valence-corrected chi connectivity index (χ0v) is 13.0. The first-order valence-electron chi connectivity index (χ1n) is 7.04. The molecule has 0 fully saturated rings. The summed E-state index contributed by atoms with van der Waals surface area (Å²) in [5.41, 5.74) is 5.29. The van der Waals surface area contributed by atoms with Crippen molar-refractivity contribution in [2.45, 2.75) is 27.7 Å². The number of aromatic nitrogens is 4. The number of carbonyl (C=O) groups excluding carboxylic acids is 1. The molecule has 22 heavy (non-hydrogen) atoms. The fraction of sp³-hybridized carbons (Fsp3) is 0.250. The molecular weight excluding hydrogens is 278 g/mol. The van der Waals surface area contributed by atoms with E-state index in [1.54, 1.807) is 0 Å². The summed E-state index contributed by atoms with van der Waals surface area (Å²) >= 11 is 0. The highest BCUT2D eigenvalue weighted by Gasteiger charge is 2.14. The molecule has 0 atom stereocenters. The second kappa shape index (κ2) is 5.22. The summed E-state index contributed by atoms with van der Waals surface area (Å²) in [5.74, 6) is -0.0860. The lowest BCUT2D eigenvalue weighted by Gasteiger charge is -2.06. The number of hydrogen-bond donors (Lipinski definition) is 1. The van der Waals surface area contributed by atoms with E-state index in [-0.39, 0.29) is 5.91 Å². The van der Waals surface area contributed by atoms with Crippen molar-refractivity contribution in [3.8, 4) is 5.69 Å². The Balaban J connectivity index is 2.10. The summed E-state index contributed by atoms with van der Waals surface area (Å²) in [6.07, 6.45) is 0. The van der Waals surface area contributed by atoms with Crippen LogP contribution in [0.5, 0.6) is 0 Å². The van der Waals surface area contributed by atoms with Gasteiger partial charge in [0.1, 0.15) is 5.52 Å². The van der Waals surface area contributed by atoms with Crippen molar-refractivity contribution in [2.75, 3.05) is 5.32 Å². The minimum absolute atomic E-state index is 0.0860. The Kier molecular flexibility index (Phi) is 3.36. The van der Waals surface area contributed by atoms with Crippen molar-refractivity contribution in [1.82, 2.24) is 20.0 Å². The normalized spacial score (nSPS) is 10.9. The quantitative estimate of drug-likeness (QED) is 0.789. The standard InChI is InChI=1S/C16H17N5O/c1-9-15-11(3)21(20-16(15)10(2)19-18-9)14-7-5-13(6-8-14)17-12(4)22/h5-8H,1-4H3,(H,17,22). The van der Waals surface area contributed by atoms with Crippen LogP contribution in [0, 0.1) is 20.8 Å². The maximum absolute atomic E-state index is 11.1. The largest absolute Gasteiger partial charge is 0.326 e. The van der Waals surface area contributed by atoms with E-state index in [0.717, 1.165) is 39.4 Å². The molecule has 1 aromatic carbocycles. The lowest BCUT2D eigenvalue weighted by molar-refractivity contribution is -0.114. The molecule has 0 bridgehead atoms. The summed E-state index contributed by atoms with van der Waals surface area (Å²) in [4.78, 5) is 11.1. The number of rotatable bonds is 2. The van der Waals surface area contributed by atoms with Crippen LogP contribution in [0.4, 0.5) is 5.69 Å². The Hall–Kier alpha value is -2.76. The van der Waals surface area contributed by atoms with Gasteiger partial charge in [-0.05, 0) is 45.0 Å². The van der Waals surface area contributed by atoms with Crippen LogP contribution >= 0.6 is 0 Å². The van der Waals surface area contributed by atoms with Gasteiger partial charge >= 0.3 is 0 Å². The third kappa shape index (κ3) is 2.32. The first-order chi connectivity index (χ1) is 10.5. The number of hydrogen-bond acceptors (Lipinski definition) is 4. The van der Waals surface area contributed by atoms with Crippen molar-refractivity contribution in [3.05, 3.63) is 41.3 Å². The highest BCUT2D eigenvalue weighted by atomic mass is 16.1. The third-order valence-electron chi connectivity index (χ3n) is 3.60. The van der Waals surface area contributed by atoms with E-state index in [4.69, 9.17) is 0 Å². The molecule has 3 aromatic rings. The monoisotopic (exact) mass is 295 g/mol. The van der Waals surface area contributed by atoms with Crippen LogP contribution in [0.25, 0.3) is 16.6 Å². The van der Waals surface area contributed by atoms with Crippen LogP contribution in [0.2, 0.25) is 0 Å².